The summed E-state index contributed by atoms with van der Waals surface area (Å²) < 4.78 is 27.2. The SMILES string of the molecule is NC[C@@]1(C(c2cccc(F)c2)c2cccc(F)c2)C2=C[C@@H]21. The number of nitrogens with two attached hydrogens (primary N) is 1. The molecular formula is C18H15F2N. The van der Waals surface area contributed by atoms with E-state index in [0.29, 0.717) is 12.5 Å². The van der Waals surface area contributed by atoms with Crippen LogP contribution in [0.5, 0.6) is 0 Å². The summed E-state index contributed by atoms with van der Waals surface area (Å²) in [5, 5.41) is 0. The molecule has 21 heavy (non-hydrogen) atoms. The molecule has 1 fully saturated rings. The molecule has 0 amide bonds. The van der Waals surface area contributed by atoms with Gasteiger partial charge in [0.2, 0.25) is 0 Å². The molecule has 3 heteroatoms. The molecule has 106 valence electrons. The molecule has 0 heterocycles. The Labute approximate surface area is 122 Å². The zero-order valence-electron chi connectivity index (χ0n) is 11.4. The molecule has 2 atom stereocenters. The zero-order valence-corrected chi connectivity index (χ0v) is 11.4. The summed E-state index contributed by atoms with van der Waals surface area (Å²) in [7, 11) is 0. The molecular weight excluding hydrogens is 268 g/mol. The highest BCUT2D eigenvalue weighted by Gasteiger charge is 2.70. The number of benzene rings is 2. The van der Waals surface area contributed by atoms with Crippen LogP contribution in [0.2, 0.25) is 0 Å². The summed E-state index contributed by atoms with van der Waals surface area (Å²) in [6.45, 7) is 0.501. The normalized spacial score (nSPS) is 25.5. The van der Waals surface area contributed by atoms with Crippen LogP contribution in [0.4, 0.5) is 8.78 Å². The molecule has 0 saturated heterocycles. The molecule has 0 aromatic heterocycles. The Hall–Kier alpha value is -2.00. The second kappa shape index (κ2) is 4.25. The van der Waals surface area contributed by atoms with Gasteiger partial charge in [-0.1, -0.05) is 35.9 Å². The Balaban J connectivity index is 1.85. The summed E-state index contributed by atoms with van der Waals surface area (Å²) in [5.41, 5.74) is 8.93. The van der Waals surface area contributed by atoms with Crippen LogP contribution in [0.25, 0.3) is 0 Å². The molecule has 4 rings (SSSR count). The predicted octanol–water partition coefficient (Wildman–Crippen LogP) is 3.61. The fourth-order valence-corrected chi connectivity index (χ4v) is 3.65. The number of fused-ring (bicyclic) bond motifs is 1. The van der Waals surface area contributed by atoms with E-state index in [-0.39, 0.29) is 23.0 Å². The molecule has 2 aliphatic rings. The van der Waals surface area contributed by atoms with Gasteiger partial charge in [0, 0.05) is 23.8 Å². The third-order valence-corrected chi connectivity index (χ3v) is 4.80. The van der Waals surface area contributed by atoms with Gasteiger partial charge in [-0.05, 0) is 35.4 Å². The maximum atomic E-state index is 13.6. The average molecular weight is 283 g/mol. The standard InChI is InChI=1S/C18H15F2N/c19-13-5-1-3-11(7-13)17(12-4-2-6-14(20)8-12)18(10-21)15-9-16(15)18/h1-9,15,17H,10,21H2/t15-,18-/m0/s1. The smallest absolute Gasteiger partial charge is 0.123 e. The van der Waals surface area contributed by atoms with E-state index in [1.807, 2.05) is 12.1 Å². The maximum absolute atomic E-state index is 13.6. The first-order valence-corrected chi connectivity index (χ1v) is 7.10. The highest BCUT2D eigenvalue weighted by atomic mass is 19.1. The van der Waals surface area contributed by atoms with Crippen molar-refractivity contribution in [3.8, 4) is 0 Å². The van der Waals surface area contributed by atoms with E-state index in [1.165, 1.54) is 29.8 Å². The van der Waals surface area contributed by atoms with Gasteiger partial charge in [0.15, 0.2) is 0 Å². The average Bonchev–Trinajstić information content (AvgIpc) is 3.35. The van der Waals surface area contributed by atoms with Crippen LogP contribution in [0.3, 0.4) is 0 Å². The van der Waals surface area contributed by atoms with Crippen LogP contribution in [0, 0.1) is 23.0 Å². The summed E-state index contributed by atoms with van der Waals surface area (Å²) >= 11 is 0. The zero-order chi connectivity index (χ0) is 14.6. The van der Waals surface area contributed by atoms with Crippen molar-refractivity contribution in [1.82, 2.24) is 0 Å². The van der Waals surface area contributed by atoms with Crippen molar-refractivity contribution in [2.24, 2.45) is 17.1 Å². The lowest BCUT2D eigenvalue weighted by Crippen LogP contribution is -2.29. The fourth-order valence-electron chi connectivity index (χ4n) is 3.65. The molecule has 2 aromatic carbocycles. The van der Waals surface area contributed by atoms with Gasteiger partial charge in [-0.25, -0.2) is 8.78 Å². The largest absolute Gasteiger partial charge is 0.330 e. The Bertz CT molecular complexity index is 707. The third kappa shape index (κ3) is 1.77. The van der Waals surface area contributed by atoms with Crippen LogP contribution in [-0.2, 0) is 0 Å². The van der Waals surface area contributed by atoms with E-state index < -0.39 is 0 Å². The van der Waals surface area contributed by atoms with E-state index in [9.17, 15) is 8.78 Å². The van der Waals surface area contributed by atoms with Crippen molar-refractivity contribution in [3.05, 3.63) is 82.9 Å². The van der Waals surface area contributed by atoms with E-state index in [0.717, 1.165) is 11.1 Å². The van der Waals surface area contributed by atoms with E-state index >= 15 is 0 Å². The molecule has 0 radical (unpaired) electrons. The summed E-state index contributed by atoms with van der Waals surface area (Å²) in [6.07, 6.45) is 2.18. The second-order valence-corrected chi connectivity index (χ2v) is 5.89. The van der Waals surface area contributed by atoms with E-state index in [1.54, 1.807) is 12.1 Å². The van der Waals surface area contributed by atoms with Crippen molar-refractivity contribution in [1.29, 1.82) is 0 Å². The molecule has 0 spiro atoms. The van der Waals surface area contributed by atoms with E-state index in [2.05, 4.69) is 6.08 Å². The van der Waals surface area contributed by atoms with Gasteiger partial charge in [0.1, 0.15) is 11.6 Å². The van der Waals surface area contributed by atoms with Crippen molar-refractivity contribution >= 4 is 0 Å². The second-order valence-electron chi connectivity index (χ2n) is 5.89. The molecule has 1 saturated carbocycles. The van der Waals surface area contributed by atoms with Crippen LogP contribution in [0.15, 0.2) is 60.2 Å². The van der Waals surface area contributed by atoms with Gasteiger partial charge in [-0.15, -0.1) is 0 Å². The Kier molecular flexibility index (Phi) is 2.57. The monoisotopic (exact) mass is 283 g/mol. The summed E-state index contributed by atoms with van der Waals surface area (Å²) in [4.78, 5) is 0. The lowest BCUT2D eigenvalue weighted by Gasteiger charge is -2.29. The number of rotatable bonds is 4. The van der Waals surface area contributed by atoms with Gasteiger partial charge in [-0.2, -0.15) is 0 Å². The highest BCUT2D eigenvalue weighted by Crippen LogP contribution is 2.76. The van der Waals surface area contributed by atoms with Crippen LogP contribution < -0.4 is 5.73 Å². The molecule has 2 aromatic rings. The van der Waals surface area contributed by atoms with Gasteiger partial charge in [0.25, 0.3) is 0 Å². The Morgan fingerprint density at radius 2 is 1.52 bits per heavy atom. The Morgan fingerprint density at radius 3 is 1.86 bits per heavy atom. The molecule has 2 aliphatic carbocycles. The third-order valence-electron chi connectivity index (χ3n) is 4.80. The van der Waals surface area contributed by atoms with Gasteiger partial charge in [0.05, 0.1) is 0 Å². The topological polar surface area (TPSA) is 26.0 Å². The molecule has 1 nitrogen and oxygen atoms in total. The van der Waals surface area contributed by atoms with E-state index in [4.69, 9.17) is 5.73 Å². The number of hydrogen-bond donors (Lipinski definition) is 1. The summed E-state index contributed by atoms with van der Waals surface area (Å²) in [5.74, 6) is -0.216. The van der Waals surface area contributed by atoms with Crippen LogP contribution >= 0.6 is 0 Å². The first kappa shape index (κ1) is 12.7. The van der Waals surface area contributed by atoms with Crippen molar-refractivity contribution in [2.75, 3.05) is 6.54 Å². The van der Waals surface area contributed by atoms with Gasteiger partial charge in [-0.3, -0.25) is 0 Å². The van der Waals surface area contributed by atoms with Crippen molar-refractivity contribution in [2.45, 2.75) is 5.92 Å². The quantitative estimate of drug-likeness (QED) is 0.852. The summed E-state index contributed by atoms with van der Waals surface area (Å²) in [6, 6.07) is 13.1. The van der Waals surface area contributed by atoms with Crippen LogP contribution in [-0.4, -0.2) is 6.54 Å². The predicted molar refractivity (Wildman–Crippen MR) is 77.7 cm³/mol. The highest BCUT2D eigenvalue weighted by molar-refractivity contribution is 5.63. The lowest BCUT2D eigenvalue weighted by molar-refractivity contribution is 0.430. The molecule has 2 N–H and O–H groups in total. The molecule has 0 unspecified atom stereocenters. The van der Waals surface area contributed by atoms with Crippen LogP contribution in [0.1, 0.15) is 17.0 Å². The van der Waals surface area contributed by atoms with Crippen molar-refractivity contribution < 1.29 is 8.78 Å². The number of hydrogen-bond acceptors (Lipinski definition) is 1. The lowest BCUT2D eigenvalue weighted by atomic mass is 9.74. The first-order valence-electron chi connectivity index (χ1n) is 7.10. The molecule has 0 aliphatic heterocycles. The number of halogens is 2. The minimum Gasteiger partial charge on any atom is -0.330 e. The minimum atomic E-state index is -0.274. The Morgan fingerprint density at radius 1 is 1.00 bits per heavy atom. The fraction of sp³-hybridized carbons (Fsp3) is 0.222. The maximum Gasteiger partial charge on any atom is 0.123 e. The van der Waals surface area contributed by atoms with Gasteiger partial charge >= 0.3 is 0 Å². The first-order chi connectivity index (χ1) is 10.2. The van der Waals surface area contributed by atoms with Gasteiger partial charge < -0.3 is 5.73 Å². The molecule has 0 bridgehead atoms. The van der Waals surface area contributed by atoms with Crippen molar-refractivity contribution in [3.63, 3.8) is 0 Å². The minimum absolute atomic E-state index is 0.0844. The number of allylic oxidation sites excluding steroid dienone is 1.